The molecule has 1 spiro atoms. The van der Waals surface area contributed by atoms with Gasteiger partial charge < -0.3 is 9.64 Å². The Bertz CT molecular complexity index is 467. The summed E-state index contributed by atoms with van der Waals surface area (Å²) in [6, 6.07) is 10.6. The average molecular weight is 274 g/mol. The lowest BCUT2D eigenvalue weighted by Gasteiger charge is -2.49. The van der Waals surface area contributed by atoms with Crippen LogP contribution in [0.5, 0.6) is 0 Å². The summed E-state index contributed by atoms with van der Waals surface area (Å²) in [6.45, 7) is 3.97. The van der Waals surface area contributed by atoms with Crippen molar-refractivity contribution in [2.24, 2.45) is 0 Å². The number of nitrogens with zero attached hydrogens (tertiary/aromatic N) is 2. The van der Waals surface area contributed by atoms with Gasteiger partial charge in [-0.15, -0.1) is 0 Å². The normalized spacial score (nSPS) is 23.2. The van der Waals surface area contributed by atoms with Crippen LogP contribution in [0.1, 0.15) is 18.4 Å². The molecule has 1 amide bonds. The predicted octanol–water partition coefficient (Wildman–Crippen LogP) is 1.51. The van der Waals surface area contributed by atoms with Gasteiger partial charge in [-0.25, -0.2) is 0 Å². The maximum absolute atomic E-state index is 11.8. The van der Waals surface area contributed by atoms with Crippen LogP contribution in [0.15, 0.2) is 30.3 Å². The molecule has 2 fully saturated rings. The summed E-state index contributed by atoms with van der Waals surface area (Å²) in [4.78, 5) is 16.2. The summed E-state index contributed by atoms with van der Waals surface area (Å²) >= 11 is 0. The molecule has 0 atom stereocenters. The molecular weight excluding hydrogens is 252 g/mol. The monoisotopic (exact) mass is 274 g/mol. The van der Waals surface area contributed by atoms with Crippen molar-refractivity contribution in [3.63, 3.8) is 0 Å². The Morgan fingerprint density at radius 1 is 1.20 bits per heavy atom. The second-order valence-electron chi connectivity index (χ2n) is 5.93. The third-order valence-electron chi connectivity index (χ3n) is 4.72. The molecule has 20 heavy (non-hydrogen) atoms. The zero-order valence-corrected chi connectivity index (χ0v) is 12.0. The first-order chi connectivity index (χ1) is 9.70. The number of piperidine rings is 1. The summed E-state index contributed by atoms with van der Waals surface area (Å²) in [7, 11) is 1.93. The van der Waals surface area contributed by atoms with Crippen molar-refractivity contribution >= 4 is 5.91 Å². The van der Waals surface area contributed by atoms with E-state index in [-0.39, 0.29) is 18.1 Å². The highest BCUT2D eigenvalue weighted by molar-refractivity contribution is 5.78. The van der Waals surface area contributed by atoms with Crippen LogP contribution in [0.25, 0.3) is 0 Å². The second kappa shape index (κ2) is 5.54. The van der Waals surface area contributed by atoms with E-state index in [1.54, 1.807) is 0 Å². The van der Waals surface area contributed by atoms with Gasteiger partial charge in [0.25, 0.3) is 0 Å². The Hall–Kier alpha value is -1.39. The summed E-state index contributed by atoms with van der Waals surface area (Å²) in [5.41, 5.74) is 1.29. The van der Waals surface area contributed by atoms with Crippen LogP contribution in [0.2, 0.25) is 0 Å². The molecule has 2 saturated heterocycles. The molecule has 2 aliphatic heterocycles. The number of ether oxygens (including phenoxy) is 1. The van der Waals surface area contributed by atoms with Gasteiger partial charge in [-0.05, 0) is 18.4 Å². The number of carbonyl (C=O) groups is 1. The second-order valence-corrected chi connectivity index (χ2v) is 5.93. The van der Waals surface area contributed by atoms with Gasteiger partial charge in [0, 0.05) is 26.7 Å². The Labute approximate surface area is 120 Å². The predicted molar refractivity (Wildman–Crippen MR) is 77.3 cm³/mol. The summed E-state index contributed by atoms with van der Waals surface area (Å²) in [5.74, 6) is 0.118. The maximum atomic E-state index is 11.8. The summed E-state index contributed by atoms with van der Waals surface area (Å²) in [5, 5.41) is 0. The quantitative estimate of drug-likeness (QED) is 0.819. The fourth-order valence-electron chi connectivity index (χ4n) is 3.24. The maximum Gasteiger partial charge on any atom is 0.248 e. The molecule has 0 bridgehead atoms. The number of rotatable bonds is 2. The van der Waals surface area contributed by atoms with Crippen molar-refractivity contribution in [1.29, 1.82) is 0 Å². The molecule has 0 saturated carbocycles. The Kier molecular flexibility index (Phi) is 3.76. The number of morpholine rings is 1. The number of hydrogen-bond donors (Lipinski definition) is 0. The van der Waals surface area contributed by atoms with Gasteiger partial charge in [-0.1, -0.05) is 30.3 Å². The molecule has 0 aliphatic carbocycles. The van der Waals surface area contributed by atoms with Crippen LogP contribution < -0.4 is 0 Å². The molecule has 0 unspecified atom stereocenters. The zero-order valence-electron chi connectivity index (χ0n) is 12.0. The summed E-state index contributed by atoms with van der Waals surface area (Å²) < 4.78 is 5.49. The lowest BCUT2D eigenvalue weighted by atomic mass is 9.85. The van der Waals surface area contributed by atoms with Gasteiger partial charge in [-0.3, -0.25) is 9.69 Å². The largest absolute Gasteiger partial charge is 0.369 e. The highest BCUT2D eigenvalue weighted by Gasteiger charge is 2.43. The molecule has 0 N–H and O–H groups in total. The van der Waals surface area contributed by atoms with Crippen molar-refractivity contribution in [2.45, 2.75) is 24.9 Å². The van der Waals surface area contributed by atoms with E-state index in [9.17, 15) is 4.79 Å². The number of benzene rings is 1. The van der Waals surface area contributed by atoms with E-state index in [0.29, 0.717) is 6.61 Å². The van der Waals surface area contributed by atoms with E-state index in [4.69, 9.17) is 4.74 Å². The lowest BCUT2D eigenvalue weighted by molar-refractivity contribution is -0.159. The van der Waals surface area contributed by atoms with Gasteiger partial charge in [0.05, 0.1) is 12.1 Å². The van der Waals surface area contributed by atoms with Crippen LogP contribution in [-0.2, 0) is 16.1 Å². The highest BCUT2D eigenvalue weighted by Crippen LogP contribution is 2.31. The average Bonchev–Trinajstić information content (AvgIpc) is 2.48. The van der Waals surface area contributed by atoms with Crippen LogP contribution in [0, 0.1) is 0 Å². The Morgan fingerprint density at radius 3 is 2.60 bits per heavy atom. The highest BCUT2D eigenvalue weighted by atomic mass is 16.5. The fourth-order valence-corrected chi connectivity index (χ4v) is 3.24. The molecule has 108 valence electrons. The molecule has 1 aromatic rings. The fraction of sp³-hybridized carbons (Fsp3) is 0.562. The van der Waals surface area contributed by atoms with E-state index < -0.39 is 0 Å². The van der Waals surface area contributed by atoms with Gasteiger partial charge in [0.1, 0.15) is 6.61 Å². The Morgan fingerprint density at radius 2 is 1.90 bits per heavy atom. The van der Waals surface area contributed by atoms with Crippen LogP contribution in [0.3, 0.4) is 0 Å². The van der Waals surface area contributed by atoms with Crippen molar-refractivity contribution in [3.8, 4) is 0 Å². The zero-order chi connectivity index (χ0) is 14.0. The van der Waals surface area contributed by atoms with E-state index >= 15 is 0 Å². The third kappa shape index (κ3) is 2.58. The molecule has 4 heteroatoms. The minimum Gasteiger partial charge on any atom is -0.369 e. The molecule has 2 aliphatic rings. The van der Waals surface area contributed by atoms with Crippen LogP contribution in [-0.4, -0.2) is 54.6 Å². The number of hydrogen-bond acceptors (Lipinski definition) is 3. The van der Waals surface area contributed by atoms with Gasteiger partial charge in [0.2, 0.25) is 5.91 Å². The first-order valence-corrected chi connectivity index (χ1v) is 7.30. The molecule has 4 nitrogen and oxygen atoms in total. The van der Waals surface area contributed by atoms with Crippen molar-refractivity contribution in [3.05, 3.63) is 35.9 Å². The van der Waals surface area contributed by atoms with E-state index in [2.05, 4.69) is 35.2 Å². The topological polar surface area (TPSA) is 32.8 Å². The minimum absolute atomic E-state index is 0.0669. The molecule has 2 heterocycles. The van der Waals surface area contributed by atoms with Gasteiger partial charge >= 0.3 is 0 Å². The molecule has 1 aromatic carbocycles. The third-order valence-corrected chi connectivity index (χ3v) is 4.72. The van der Waals surface area contributed by atoms with Crippen molar-refractivity contribution in [1.82, 2.24) is 9.80 Å². The van der Waals surface area contributed by atoms with Crippen LogP contribution >= 0.6 is 0 Å². The standard InChI is InChI=1S/C16H22N2O2/c1-17-15(19)12-20-13-16(17)7-9-18(10-8-16)11-14-5-3-2-4-6-14/h2-6H,7-13H2,1H3. The smallest absolute Gasteiger partial charge is 0.248 e. The first kappa shape index (κ1) is 13.6. The first-order valence-electron chi connectivity index (χ1n) is 7.30. The number of carbonyl (C=O) groups excluding carboxylic acids is 1. The number of likely N-dealkylation sites (N-methyl/N-ethyl adjacent to an activating group) is 1. The molecule has 0 aromatic heterocycles. The molecular formula is C16H22N2O2. The Balaban J connectivity index is 1.60. The molecule has 3 rings (SSSR count). The van der Waals surface area contributed by atoms with Crippen molar-refractivity contribution in [2.75, 3.05) is 33.4 Å². The lowest BCUT2D eigenvalue weighted by Crippen LogP contribution is -2.61. The van der Waals surface area contributed by atoms with Crippen LogP contribution in [0.4, 0.5) is 0 Å². The van der Waals surface area contributed by atoms with E-state index in [1.165, 1.54) is 5.56 Å². The van der Waals surface area contributed by atoms with E-state index in [1.807, 2.05) is 11.9 Å². The van der Waals surface area contributed by atoms with E-state index in [0.717, 1.165) is 32.5 Å². The SMILES string of the molecule is CN1C(=O)COCC12CCN(Cc1ccccc1)CC2. The molecule has 0 radical (unpaired) electrons. The minimum atomic E-state index is -0.0669. The number of amides is 1. The van der Waals surface area contributed by atoms with Gasteiger partial charge in [-0.2, -0.15) is 0 Å². The summed E-state index contributed by atoms with van der Waals surface area (Å²) in [6.07, 6.45) is 2.00. The number of likely N-dealkylation sites (tertiary alicyclic amines) is 1. The van der Waals surface area contributed by atoms with Gasteiger partial charge in [0.15, 0.2) is 0 Å². The van der Waals surface area contributed by atoms with Crippen molar-refractivity contribution < 1.29 is 9.53 Å².